The van der Waals surface area contributed by atoms with Gasteiger partial charge in [0, 0.05) is 37.5 Å². The number of carbonyl (C=O) groups excluding carboxylic acids is 2. The summed E-state index contributed by atoms with van der Waals surface area (Å²) in [6, 6.07) is 11.8. The van der Waals surface area contributed by atoms with Crippen LogP contribution < -0.4 is 5.32 Å². The van der Waals surface area contributed by atoms with Crippen LogP contribution in [-0.2, 0) is 22.4 Å². The van der Waals surface area contributed by atoms with E-state index in [4.69, 9.17) is 4.74 Å². The number of urea groups is 1. The van der Waals surface area contributed by atoms with Crippen molar-refractivity contribution < 1.29 is 14.3 Å². The summed E-state index contributed by atoms with van der Waals surface area (Å²) in [6.45, 7) is 0.486. The van der Waals surface area contributed by atoms with Crippen LogP contribution in [-0.4, -0.2) is 51.5 Å². The molecule has 0 saturated heterocycles. The average Bonchev–Trinajstić information content (AvgIpc) is 3.27. The number of ether oxygens (including phenoxy) is 1. The van der Waals surface area contributed by atoms with E-state index in [0.717, 1.165) is 22.5 Å². The molecule has 0 spiro atoms. The van der Waals surface area contributed by atoms with Crippen LogP contribution in [0.15, 0.2) is 61.2 Å². The highest BCUT2D eigenvalue weighted by atomic mass is 16.5. The van der Waals surface area contributed by atoms with Crippen molar-refractivity contribution in [2.45, 2.75) is 24.9 Å². The first kappa shape index (κ1) is 19.6. The zero-order valence-electron chi connectivity index (χ0n) is 16.6. The third-order valence-corrected chi connectivity index (χ3v) is 5.25. The number of esters is 1. The van der Waals surface area contributed by atoms with E-state index in [0.29, 0.717) is 19.4 Å². The summed E-state index contributed by atoms with van der Waals surface area (Å²) in [7, 11) is 1.32. The highest BCUT2D eigenvalue weighted by Gasteiger charge is 2.35. The van der Waals surface area contributed by atoms with Crippen LogP contribution in [0.25, 0.3) is 0 Å². The van der Waals surface area contributed by atoms with E-state index in [1.807, 2.05) is 42.5 Å². The first-order valence-corrected chi connectivity index (χ1v) is 9.78. The molecule has 0 bridgehead atoms. The molecule has 1 aromatic carbocycles. The van der Waals surface area contributed by atoms with Crippen molar-refractivity contribution in [2.24, 2.45) is 0 Å². The highest BCUT2D eigenvalue weighted by molar-refractivity contribution is 5.84. The Kier molecular flexibility index (Phi) is 5.74. The fraction of sp³-hybridized carbons (Fsp3) is 0.273. The van der Waals surface area contributed by atoms with Crippen LogP contribution in [0.5, 0.6) is 0 Å². The minimum absolute atomic E-state index is 0.344. The minimum atomic E-state index is -0.792. The van der Waals surface area contributed by atoms with Gasteiger partial charge in [0.15, 0.2) is 0 Å². The number of fused-ring (bicyclic) bond motifs is 1. The van der Waals surface area contributed by atoms with Crippen LogP contribution >= 0.6 is 0 Å². The second-order valence-corrected chi connectivity index (χ2v) is 7.11. The monoisotopic (exact) mass is 405 g/mol. The quantitative estimate of drug-likeness (QED) is 0.634. The number of benzene rings is 1. The van der Waals surface area contributed by atoms with E-state index in [-0.39, 0.29) is 12.1 Å². The Morgan fingerprint density at radius 1 is 1.27 bits per heavy atom. The zero-order chi connectivity index (χ0) is 20.9. The van der Waals surface area contributed by atoms with Gasteiger partial charge < -0.3 is 19.9 Å². The SMILES string of the molecule is COC(=O)[C@H](Cc1ccccc1)NC(=O)N1CCc2[nH]cnc2C1c1cccnc1. The Hall–Kier alpha value is -3.68. The average molecular weight is 405 g/mol. The molecule has 1 aliphatic rings. The van der Waals surface area contributed by atoms with Crippen molar-refractivity contribution in [2.75, 3.05) is 13.7 Å². The molecule has 1 unspecified atom stereocenters. The first-order chi connectivity index (χ1) is 14.7. The number of nitrogens with zero attached hydrogens (tertiary/aromatic N) is 3. The van der Waals surface area contributed by atoms with Crippen molar-refractivity contribution in [1.29, 1.82) is 0 Å². The van der Waals surface area contributed by atoms with Gasteiger partial charge in [-0.15, -0.1) is 0 Å². The fourth-order valence-corrected chi connectivity index (χ4v) is 3.79. The van der Waals surface area contributed by atoms with Crippen LogP contribution in [0.3, 0.4) is 0 Å². The van der Waals surface area contributed by atoms with Gasteiger partial charge in [0.2, 0.25) is 0 Å². The lowest BCUT2D eigenvalue weighted by atomic mass is 9.97. The van der Waals surface area contributed by atoms with Gasteiger partial charge in [-0.3, -0.25) is 4.98 Å². The molecule has 0 radical (unpaired) electrons. The Balaban J connectivity index is 1.59. The summed E-state index contributed by atoms with van der Waals surface area (Å²) in [5.74, 6) is -0.484. The number of H-pyrrole nitrogens is 1. The van der Waals surface area contributed by atoms with Crippen LogP contribution in [0.1, 0.15) is 28.6 Å². The number of nitrogens with one attached hydrogen (secondary N) is 2. The predicted octanol–water partition coefficient (Wildman–Crippen LogP) is 2.25. The van der Waals surface area contributed by atoms with Crippen LogP contribution in [0.2, 0.25) is 0 Å². The lowest BCUT2D eigenvalue weighted by molar-refractivity contribution is -0.142. The van der Waals surface area contributed by atoms with Gasteiger partial charge in [0.25, 0.3) is 0 Å². The molecule has 3 aromatic rings. The van der Waals surface area contributed by atoms with Gasteiger partial charge in [-0.2, -0.15) is 0 Å². The second kappa shape index (κ2) is 8.77. The summed E-state index contributed by atoms with van der Waals surface area (Å²) in [4.78, 5) is 39.1. The van der Waals surface area contributed by atoms with E-state index >= 15 is 0 Å². The summed E-state index contributed by atoms with van der Waals surface area (Å²) < 4.78 is 4.93. The third-order valence-electron chi connectivity index (χ3n) is 5.25. The van der Waals surface area contributed by atoms with Crippen LogP contribution in [0.4, 0.5) is 4.79 Å². The lowest BCUT2D eigenvalue weighted by Crippen LogP contribution is -2.52. The molecular formula is C22H23N5O3. The van der Waals surface area contributed by atoms with Gasteiger partial charge in [-0.1, -0.05) is 36.4 Å². The molecular weight excluding hydrogens is 382 g/mol. The topological polar surface area (TPSA) is 100 Å². The molecule has 154 valence electrons. The Labute approximate surface area is 174 Å². The second-order valence-electron chi connectivity index (χ2n) is 7.11. The molecule has 8 heteroatoms. The van der Waals surface area contributed by atoms with Gasteiger partial charge in [0.05, 0.1) is 19.1 Å². The lowest BCUT2D eigenvalue weighted by Gasteiger charge is -2.35. The molecule has 2 amide bonds. The maximum atomic E-state index is 13.3. The molecule has 30 heavy (non-hydrogen) atoms. The number of aromatic nitrogens is 3. The van der Waals surface area contributed by atoms with E-state index in [1.54, 1.807) is 23.6 Å². The van der Waals surface area contributed by atoms with Gasteiger partial charge in [-0.05, 0) is 17.2 Å². The predicted molar refractivity (Wildman–Crippen MR) is 110 cm³/mol. The number of imidazole rings is 1. The van der Waals surface area contributed by atoms with Crippen molar-refractivity contribution in [3.05, 3.63) is 83.7 Å². The molecule has 0 saturated carbocycles. The van der Waals surface area contributed by atoms with E-state index < -0.39 is 12.0 Å². The van der Waals surface area contributed by atoms with E-state index in [2.05, 4.69) is 20.3 Å². The highest BCUT2D eigenvalue weighted by Crippen LogP contribution is 2.32. The van der Waals surface area contributed by atoms with E-state index in [9.17, 15) is 9.59 Å². The van der Waals surface area contributed by atoms with Gasteiger partial charge >= 0.3 is 12.0 Å². The molecule has 0 fully saturated rings. The molecule has 3 heterocycles. The maximum Gasteiger partial charge on any atom is 0.328 e. The minimum Gasteiger partial charge on any atom is -0.467 e. The molecule has 8 nitrogen and oxygen atoms in total. The standard InChI is InChI=1S/C22H23N5O3/c1-30-21(28)18(12-15-6-3-2-4-7-15)26-22(29)27-11-9-17-19(25-14-24-17)20(27)16-8-5-10-23-13-16/h2-8,10,13-14,18,20H,9,11-12H2,1H3,(H,24,25)(H,26,29)/t18-,20?/m0/s1. The van der Waals surface area contributed by atoms with Crippen molar-refractivity contribution >= 4 is 12.0 Å². The maximum absolute atomic E-state index is 13.3. The third kappa shape index (κ3) is 4.03. The number of amides is 2. The Morgan fingerprint density at radius 2 is 2.10 bits per heavy atom. The van der Waals surface area contributed by atoms with Crippen molar-refractivity contribution in [1.82, 2.24) is 25.2 Å². The molecule has 2 atom stereocenters. The van der Waals surface area contributed by atoms with Gasteiger partial charge in [-0.25, -0.2) is 14.6 Å². The summed E-state index contributed by atoms with van der Waals surface area (Å²) in [5, 5.41) is 2.86. The molecule has 0 aliphatic carbocycles. The first-order valence-electron chi connectivity index (χ1n) is 9.78. The van der Waals surface area contributed by atoms with Crippen LogP contribution in [0, 0.1) is 0 Å². The number of methoxy groups -OCH3 is 1. The molecule has 2 aromatic heterocycles. The van der Waals surface area contributed by atoms with Crippen molar-refractivity contribution in [3.63, 3.8) is 0 Å². The summed E-state index contributed by atoms with van der Waals surface area (Å²) >= 11 is 0. The zero-order valence-corrected chi connectivity index (χ0v) is 16.6. The number of pyridine rings is 1. The Morgan fingerprint density at radius 3 is 2.83 bits per heavy atom. The number of carbonyl (C=O) groups is 2. The largest absolute Gasteiger partial charge is 0.467 e. The smallest absolute Gasteiger partial charge is 0.328 e. The molecule has 4 rings (SSSR count). The van der Waals surface area contributed by atoms with Crippen molar-refractivity contribution in [3.8, 4) is 0 Å². The number of hydrogen-bond donors (Lipinski definition) is 2. The molecule has 1 aliphatic heterocycles. The number of rotatable bonds is 5. The number of aromatic amines is 1. The fourth-order valence-electron chi connectivity index (χ4n) is 3.79. The Bertz CT molecular complexity index is 1010. The summed E-state index contributed by atoms with van der Waals surface area (Å²) in [6.07, 6.45) is 6.06. The normalized spacial score (nSPS) is 16.4. The van der Waals surface area contributed by atoms with Gasteiger partial charge in [0.1, 0.15) is 12.1 Å². The molecule has 2 N–H and O–H groups in total. The number of hydrogen-bond acceptors (Lipinski definition) is 5. The van der Waals surface area contributed by atoms with E-state index in [1.165, 1.54) is 7.11 Å². The summed E-state index contributed by atoms with van der Waals surface area (Å²) in [5.41, 5.74) is 3.59.